The smallest absolute Gasteiger partial charge is 0.253 e. The van der Waals surface area contributed by atoms with Crippen molar-refractivity contribution in [1.82, 2.24) is 10.2 Å². The molecule has 1 aromatic rings. The van der Waals surface area contributed by atoms with E-state index < -0.39 is 0 Å². The summed E-state index contributed by atoms with van der Waals surface area (Å²) >= 11 is 0. The van der Waals surface area contributed by atoms with Crippen LogP contribution in [0, 0.1) is 5.82 Å². The molecule has 0 unspecified atom stereocenters. The van der Waals surface area contributed by atoms with Gasteiger partial charge in [-0.2, -0.15) is 0 Å². The predicted molar refractivity (Wildman–Crippen MR) is 85.3 cm³/mol. The molecule has 0 fully saturated rings. The van der Waals surface area contributed by atoms with Gasteiger partial charge in [-0.1, -0.05) is 26.8 Å². The molecule has 4 nitrogen and oxygen atoms in total. The Bertz CT molecular complexity index is 447. The predicted octanol–water partition coefficient (Wildman–Crippen LogP) is 2.72. The second-order valence-corrected chi connectivity index (χ2v) is 4.87. The molecule has 0 radical (unpaired) electrons. The molecular formula is C16H26FN3O. The summed E-state index contributed by atoms with van der Waals surface area (Å²) in [5.41, 5.74) is 0.655. The van der Waals surface area contributed by atoms with E-state index in [1.807, 2.05) is 6.92 Å². The first-order valence-corrected chi connectivity index (χ1v) is 7.66. The summed E-state index contributed by atoms with van der Waals surface area (Å²) in [6.07, 6.45) is 0.872. The van der Waals surface area contributed by atoms with Crippen molar-refractivity contribution in [3.63, 3.8) is 0 Å². The molecule has 1 amide bonds. The Kier molecular flexibility index (Phi) is 7.75. The molecule has 0 aliphatic rings. The molecule has 0 spiro atoms. The summed E-state index contributed by atoms with van der Waals surface area (Å²) in [6.45, 7) is 10.1. The zero-order valence-corrected chi connectivity index (χ0v) is 13.2. The van der Waals surface area contributed by atoms with Crippen LogP contribution in [0.15, 0.2) is 18.2 Å². The molecule has 1 rings (SSSR count). The molecule has 0 atom stereocenters. The van der Waals surface area contributed by atoms with Gasteiger partial charge in [-0.15, -0.1) is 0 Å². The third kappa shape index (κ3) is 5.34. The van der Waals surface area contributed by atoms with Crippen molar-refractivity contribution in [2.24, 2.45) is 0 Å². The van der Waals surface area contributed by atoms with Crippen LogP contribution >= 0.6 is 0 Å². The maximum atomic E-state index is 13.8. The topological polar surface area (TPSA) is 44.4 Å². The SMILES string of the molecule is CCCNc1c(F)cccc1C(=O)NCCN(CC)CC. The van der Waals surface area contributed by atoms with E-state index in [1.54, 1.807) is 12.1 Å². The third-order valence-electron chi connectivity index (χ3n) is 3.42. The van der Waals surface area contributed by atoms with Gasteiger partial charge in [-0.25, -0.2) is 4.39 Å². The first-order valence-electron chi connectivity index (χ1n) is 7.66. The summed E-state index contributed by atoms with van der Waals surface area (Å²) in [5.74, 6) is -0.625. The average molecular weight is 295 g/mol. The molecule has 118 valence electrons. The fraction of sp³-hybridized carbons (Fsp3) is 0.562. The molecular weight excluding hydrogens is 269 g/mol. The molecule has 0 aliphatic heterocycles. The number of hydrogen-bond donors (Lipinski definition) is 2. The van der Waals surface area contributed by atoms with E-state index in [0.29, 0.717) is 24.3 Å². The van der Waals surface area contributed by atoms with Crippen molar-refractivity contribution in [2.45, 2.75) is 27.2 Å². The maximum absolute atomic E-state index is 13.8. The molecule has 0 aromatic heterocycles. The molecule has 2 N–H and O–H groups in total. The number of carbonyl (C=O) groups is 1. The molecule has 21 heavy (non-hydrogen) atoms. The standard InChI is InChI=1S/C16H26FN3O/c1-4-10-18-15-13(8-7-9-14(15)17)16(21)19-11-12-20(5-2)6-3/h7-9,18H,4-6,10-12H2,1-3H3,(H,19,21). The highest BCUT2D eigenvalue weighted by molar-refractivity contribution is 5.99. The van der Waals surface area contributed by atoms with Crippen molar-refractivity contribution in [1.29, 1.82) is 0 Å². The van der Waals surface area contributed by atoms with Crippen molar-refractivity contribution in [3.05, 3.63) is 29.6 Å². The van der Waals surface area contributed by atoms with Crippen LogP contribution < -0.4 is 10.6 Å². The van der Waals surface area contributed by atoms with Gasteiger partial charge in [0.1, 0.15) is 5.82 Å². The number of nitrogens with zero attached hydrogens (tertiary/aromatic N) is 1. The Morgan fingerprint density at radius 1 is 1.19 bits per heavy atom. The van der Waals surface area contributed by atoms with Gasteiger partial charge >= 0.3 is 0 Å². The number of likely N-dealkylation sites (N-methyl/N-ethyl adjacent to an activating group) is 1. The number of carbonyl (C=O) groups excluding carboxylic acids is 1. The van der Waals surface area contributed by atoms with Gasteiger partial charge in [-0.3, -0.25) is 4.79 Å². The van der Waals surface area contributed by atoms with Crippen molar-refractivity contribution >= 4 is 11.6 Å². The highest BCUT2D eigenvalue weighted by Crippen LogP contribution is 2.19. The van der Waals surface area contributed by atoms with Crippen LogP contribution in [0.3, 0.4) is 0 Å². The number of anilines is 1. The molecule has 0 heterocycles. The van der Waals surface area contributed by atoms with Crippen LogP contribution in [0.4, 0.5) is 10.1 Å². The van der Waals surface area contributed by atoms with Crippen LogP contribution in [0.2, 0.25) is 0 Å². The van der Waals surface area contributed by atoms with Gasteiger partial charge in [-0.05, 0) is 31.6 Å². The second kappa shape index (κ2) is 9.34. The normalized spacial score (nSPS) is 10.7. The van der Waals surface area contributed by atoms with E-state index in [9.17, 15) is 9.18 Å². The Morgan fingerprint density at radius 2 is 1.90 bits per heavy atom. The van der Waals surface area contributed by atoms with Crippen LogP contribution in [0.1, 0.15) is 37.6 Å². The second-order valence-electron chi connectivity index (χ2n) is 4.87. The minimum Gasteiger partial charge on any atom is -0.382 e. The Balaban J connectivity index is 2.67. The average Bonchev–Trinajstić information content (AvgIpc) is 2.50. The molecule has 5 heteroatoms. The van der Waals surface area contributed by atoms with Crippen molar-refractivity contribution < 1.29 is 9.18 Å². The lowest BCUT2D eigenvalue weighted by molar-refractivity contribution is 0.0949. The quantitative estimate of drug-likeness (QED) is 0.736. The van der Waals surface area contributed by atoms with Crippen molar-refractivity contribution in [2.75, 3.05) is 38.0 Å². The molecule has 1 aromatic carbocycles. The maximum Gasteiger partial charge on any atom is 0.253 e. The van der Waals surface area contributed by atoms with E-state index in [-0.39, 0.29) is 11.7 Å². The van der Waals surface area contributed by atoms with Crippen LogP contribution in [0.25, 0.3) is 0 Å². The monoisotopic (exact) mass is 295 g/mol. The highest BCUT2D eigenvalue weighted by Gasteiger charge is 2.14. The molecule has 0 saturated heterocycles. The summed E-state index contributed by atoms with van der Waals surface area (Å²) in [6, 6.07) is 4.57. The fourth-order valence-electron chi connectivity index (χ4n) is 2.11. The van der Waals surface area contributed by atoms with Crippen LogP contribution in [-0.4, -0.2) is 43.5 Å². The fourth-order valence-corrected chi connectivity index (χ4v) is 2.11. The molecule has 0 saturated carbocycles. The lowest BCUT2D eigenvalue weighted by Gasteiger charge is -2.18. The van der Waals surface area contributed by atoms with E-state index >= 15 is 0 Å². The summed E-state index contributed by atoms with van der Waals surface area (Å²) in [4.78, 5) is 14.4. The van der Waals surface area contributed by atoms with Crippen LogP contribution in [0.5, 0.6) is 0 Å². The third-order valence-corrected chi connectivity index (χ3v) is 3.42. The number of para-hydroxylation sites is 1. The summed E-state index contributed by atoms with van der Waals surface area (Å²) < 4.78 is 13.8. The Hall–Kier alpha value is -1.62. The summed E-state index contributed by atoms with van der Waals surface area (Å²) in [5, 5.41) is 5.84. The van der Waals surface area contributed by atoms with Gasteiger partial charge in [0.05, 0.1) is 11.3 Å². The number of halogens is 1. The van der Waals surface area contributed by atoms with Crippen LogP contribution in [-0.2, 0) is 0 Å². The largest absolute Gasteiger partial charge is 0.382 e. The number of nitrogens with one attached hydrogen (secondary N) is 2. The van der Waals surface area contributed by atoms with Gasteiger partial charge in [0.25, 0.3) is 5.91 Å². The van der Waals surface area contributed by atoms with E-state index in [4.69, 9.17) is 0 Å². The van der Waals surface area contributed by atoms with Gasteiger partial charge in [0, 0.05) is 19.6 Å². The number of hydrogen-bond acceptors (Lipinski definition) is 3. The lowest BCUT2D eigenvalue weighted by atomic mass is 10.1. The van der Waals surface area contributed by atoms with Crippen molar-refractivity contribution in [3.8, 4) is 0 Å². The minimum absolute atomic E-state index is 0.236. The molecule has 0 bridgehead atoms. The van der Waals surface area contributed by atoms with E-state index in [2.05, 4.69) is 29.4 Å². The summed E-state index contributed by atoms with van der Waals surface area (Å²) in [7, 11) is 0. The van der Waals surface area contributed by atoms with Gasteiger partial charge in [0.2, 0.25) is 0 Å². The zero-order valence-electron chi connectivity index (χ0n) is 13.2. The number of rotatable bonds is 9. The highest BCUT2D eigenvalue weighted by atomic mass is 19.1. The Labute approximate surface area is 126 Å². The number of amides is 1. The minimum atomic E-state index is -0.389. The Morgan fingerprint density at radius 3 is 2.52 bits per heavy atom. The van der Waals surface area contributed by atoms with E-state index in [1.165, 1.54) is 6.07 Å². The molecule has 0 aliphatic carbocycles. The van der Waals surface area contributed by atoms with E-state index in [0.717, 1.165) is 26.1 Å². The first kappa shape index (κ1) is 17.4. The van der Waals surface area contributed by atoms with Gasteiger partial charge in [0.15, 0.2) is 0 Å². The number of benzene rings is 1. The van der Waals surface area contributed by atoms with Gasteiger partial charge < -0.3 is 15.5 Å². The zero-order chi connectivity index (χ0) is 15.7. The lowest BCUT2D eigenvalue weighted by Crippen LogP contribution is -2.35. The first-order chi connectivity index (χ1) is 10.1.